The molecule has 0 aliphatic carbocycles. The normalized spacial score (nSPS) is 11.9. The van der Waals surface area contributed by atoms with Crippen LogP contribution in [0.1, 0.15) is 71.1 Å². The molecular weight excluding hydrogens is 263 g/mol. The van der Waals surface area contributed by atoms with Crippen molar-refractivity contribution in [2.24, 2.45) is 0 Å². The van der Waals surface area contributed by atoms with Crippen molar-refractivity contribution >= 4 is 7.60 Å². The molecule has 5 heteroatoms. The number of ether oxygens (including phenoxy) is 1. The van der Waals surface area contributed by atoms with E-state index in [-0.39, 0.29) is 6.16 Å². The van der Waals surface area contributed by atoms with Crippen molar-refractivity contribution in [3.8, 4) is 0 Å². The van der Waals surface area contributed by atoms with E-state index in [9.17, 15) is 4.57 Å². The SMILES string of the molecule is CCOCCCCCCCCCCCCP(=O)(O)O. The quantitative estimate of drug-likeness (QED) is 0.374. The van der Waals surface area contributed by atoms with Crippen LogP contribution in [0.2, 0.25) is 0 Å². The third-order valence-corrected chi connectivity index (χ3v) is 4.09. The molecule has 0 saturated carbocycles. The van der Waals surface area contributed by atoms with Crippen molar-refractivity contribution < 1.29 is 19.1 Å². The van der Waals surface area contributed by atoms with Crippen LogP contribution in [-0.4, -0.2) is 29.2 Å². The van der Waals surface area contributed by atoms with Crippen molar-refractivity contribution in [1.82, 2.24) is 0 Å². The topological polar surface area (TPSA) is 66.8 Å². The zero-order chi connectivity index (χ0) is 14.4. The predicted octanol–water partition coefficient (Wildman–Crippen LogP) is 4.10. The van der Waals surface area contributed by atoms with Crippen molar-refractivity contribution in [3.63, 3.8) is 0 Å². The standard InChI is InChI=1S/C14H31O4P/c1-2-18-13-11-9-7-5-3-4-6-8-10-12-14-19(15,16)17/h2-14H2,1H3,(H2,15,16,17). The molecule has 0 saturated heterocycles. The Morgan fingerprint density at radius 3 is 1.63 bits per heavy atom. The molecule has 4 nitrogen and oxygen atoms in total. The van der Waals surface area contributed by atoms with Crippen LogP contribution in [0.25, 0.3) is 0 Å². The minimum absolute atomic E-state index is 0.0484. The molecule has 19 heavy (non-hydrogen) atoms. The van der Waals surface area contributed by atoms with Gasteiger partial charge in [-0.3, -0.25) is 4.57 Å². The van der Waals surface area contributed by atoms with E-state index in [0.29, 0.717) is 6.42 Å². The van der Waals surface area contributed by atoms with Gasteiger partial charge in [-0.15, -0.1) is 0 Å². The molecule has 0 radical (unpaired) electrons. The van der Waals surface area contributed by atoms with E-state index >= 15 is 0 Å². The molecule has 0 bridgehead atoms. The summed E-state index contributed by atoms with van der Waals surface area (Å²) in [6.45, 7) is 3.75. The van der Waals surface area contributed by atoms with Crippen molar-refractivity contribution in [2.75, 3.05) is 19.4 Å². The lowest BCUT2D eigenvalue weighted by Gasteiger charge is -2.04. The second-order valence-electron chi connectivity index (χ2n) is 5.12. The van der Waals surface area contributed by atoms with Crippen LogP contribution in [-0.2, 0) is 9.30 Å². The zero-order valence-corrected chi connectivity index (χ0v) is 13.2. The van der Waals surface area contributed by atoms with Gasteiger partial charge in [-0.2, -0.15) is 0 Å². The molecule has 2 N–H and O–H groups in total. The molecule has 116 valence electrons. The Morgan fingerprint density at radius 1 is 0.789 bits per heavy atom. The maximum atomic E-state index is 10.6. The molecular formula is C14H31O4P. The fraction of sp³-hybridized carbons (Fsp3) is 1.00. The zero-order valence-electron chi connectivity index (χ0n) is 12.4. The summed E-state index contributed by atoms with van der Waals surface area (Å²) >= 11 is 0. The van der Waals surface area contributed by atoms with Crippen LogP contribution >= 0.6 is 7.60 Å². The Kier molecular flexibility index (Phi) is 13.2. The first-order valence-electron chi connectivity index (χ1n) is 7.68. The first kappa shape index (κ1) is 19.1. The van der Waals surface area contributed by atoms with E-state index in [0.717, 1.165) is 26.1 Å². The molecule has 0 amide bonds. The minimum Gasteiger partial charge on any atom is -0.382 e. The number of hydrogen-bond donors (Lipinski definition) is 2. The number of rotatable bonds is 14. The fourth-order valence-corrected chi connectivity index (χ4v) is 2.72. The van der Waals surface area contributed by atoms with Gasteiger partial charge in [0.15, 0.2) is 0 Å². The van der Waals surface area contributed by atoms with Gasteiger partial charge in [0.1, 0.15) is 0 Å². The average molecular weight is 294 g/mol. The summed E-state index contributed by atoms with van der Waals surface area (Å²) in [5.74, 6) is 0. The van der Waals surface area contributed by atoms with E-state index in [1.165, 1.54) is 44.9 Å². The lowest BCUT2D eigenvalue weighted by Crippen LogP contribution is -1.93. The van der Waals surface area contributed by atoms with E-state index < -0.39 is 7.60 Å². The summed E-state index contributed by atoms with van der Waals surface area (Å²) in [6.07, 6.45) is 11.5. The second kappa shape index (κ2) is 13.1. The van der Waals surface area contributed by atoms with Crippen LogP contribution in [0.3, 0.4) is 0 Å². The Morgan fingerprint density at radius 2 is 1.21 bits per heavy atom. The highest BCUT2D eigenvalue weighted by Crippen LogP contribution is 2.35. The number of hydrogen-bond acceptors (Lipinski definition) is 2. The lowest BCUT2D eigenvalue weighted by atomic mass is 10.1. The first-order chi connectivity index (χ1) is 9.06. The van der Waals surface area contributed by atoms with E-state index in [1.54, 1.807) is 0 Å². The number of unbranched alkanes of at least 4 members (excludes halogenated alkanes) is 9. The van der Waals surface area contributed by atoms with Crippen molar-refractivity contribution in [3.05, 3.63) is 0 Å². The fourth-order valence-electron chi connectivity index (χ4n) is 2.08. The second-order valence-corrected chi connectivity index (χ2v) is 6.90. The maximum Gasteiger partial charge on any atom is 0.325 e. The smallest absolute Gasteiger partial charge is 0.325 e. The molecule has 0 aromatic heterocycles. The lowest BCUT2D eigenvalue weighted by molar-refractivity contribution is 0.143. The van der Waals surface area contributed by atoms with E-state index in [1.807, 2.05) is 6.92 Å². The highest BCUT2D eigenvalue weighted by molar-refractivity contribution is 7.51. The molecule has 0 rings (SSSR count). The van der Waals surface area contributed by atoms with E-state index in [4.69, 9.17) is 14.5 Å². The molecule has 0 aliphatic heterocycles. The van der Waals surface area contributed by atoms with Crippen molar-refractivity contribution in [2.45, 2.75) is 71.1 Å². The van der Waals surface area contributed by atoms with Crippen LogP contribution in [0.15, 0.2) is 0 Å². The van der Waals surface area contributed by atoms with Gasteiger partial charge < -0.3 is 14.5 Å². The van der Waals surface area contributed by atoms with Crippen LogP contribution in [0.5, 0.6) is 0 Å². The van der Waals surface area contributed by atoms with Crippen LogP contribution in [0, 0.1) is 0 Å². The summed E-state index contributed by atoms with van der Waals surface area (Å²) in [6, 6.07) is 0. The monoisotopic (exact) mass is 294 g/mol. The Hall–Kier alpha value is 0.110. The van der Waals surface area contributed by atoms with Gasteiger partial charge in [0.05, 0.1) is 0 Å². The largest absolute Gasteiger partial charge is 0.382 e. The Labute approximate surface area is 118 Å². The molecule has 0 atom stereocenters. The summed E-state index contributed by atoms with van der Waals surface area (Å²) < 4.78 is 15.9. The van der Waals surface area contributed by atoms with Gasteiger partial charge >= 0.3 is 7.60 Å². The van der Waals surface area contributed by atoms with Gasteiger partial charge in [0.2, 0.25) is 0 Å². The van der Waals surface area contributed by atoms with Gasteiger partial charge in [0.25, 0.3) is 0 Å². The summed E-state index contributed by atoms with van der Waals surface area (Å²) in [5.41, 5.74) is 0. The van der Waals surface area contributed by atoms with Gasteiger partial charge in [-0.05, 0) is 19.8 Å². The molecule has 0 aliphatic rings. The molecule has 0 spiro atoms. The van der Waals surface area contributed by atoms with Crippen molar-refractivity contribution in [1.29, 1.82) is 0 Å². The van der Waals surface area contributed by atoms with Crippen LogP contribution in [0.4, 0.5) is 0 Å². The third-order valence-electron chi connectivity index (χ3n) is 3.19. The highest BCUT2D eigenvalue weighted by Gasteiger charge is 2.10. The summed E-state index contributed by atoms with van der Waals surface area (Å²) in [5, 5.41) is 0. The van der Waals surface area contributed by atoms with E-state index in [2.05, 4.69) is 0 Å². The molecule has 0 fully saturated rings. The average Bonchev–Trinajstić information content (AvgIpc) is 2.34. The molecule has 0 unspecified atom stereocenters. The van der Waals surface area contributed by atoms with Crippen LogP contribution < -0.4 is 0 Å². The van der Waals surface area contributed by atoms with Gasteiger partial charge in [-0.1, -0.05) is 51.4 Å². The molecule has 0 aromatic rings. The minimum atomic E-state index is -3.76. The Bertz CT molecular complexity index is 227. The molecule has 0 aromatic carbocycles. The molecule has 0 heterocycles. The first-order valence-corrected chi connectivity index (χ1v) is 9.48. The van der Waals surface area contributed by atoms with Gasteiger partial charge in [-0.25, -0.2) is 0 Å². The van der Waals surface area contributed by atoms with Gasteiger partial charge in [0, 0.05) is 19.4 Å². The summed E-state index contributed by atoms with van der Waals surface area (Å²) in [7, 11) is -3.76. The third kappa shape index (κ3) is 18.1. The predicted molar refractivity (Wildman–Crippen MR) is 79.6 cm³/mol. The maximum absolute atomic E-state index is 10.6. The summed E-state index contributed by atoms with van der Waals surface area (Å²) in [4.78, 5) is 17.4. The Balaban J connectivity index is 3.01. The highest BCUT2D eigenvalue weighted by atomic mass is 31.2.